The summed E-state index contributed by atoms with van der Waals surface area (Å²) >= 11 is 0. The topological polar surface area (TPSA) is 110 Å². The minimum atomic E-state index is -0.597. The molecule has 0 atom stereocenters. The Labute approximate surface area is 77.2 Å². The lowest BCUT2D eigenvalue weighted by molar-refractivity contribution is 0.912. The number of aromatic amines is 2. The van der Waals surface area contributed by atoms with E-state index in [0.29, 0.717) is 0 Å². The molecule has 14 heavy (non-hydrogen) atoms. The van der Waals surface area contributed by atoms with Crippen LogP contribution >= 0.6 is 0 Å². The van der Waals surface area contributed by atoms with Gasteiger partial charge in [0.25, 0.3) is 0 Å². The first-order valence-corrected chi connectivity index (χ1v) is 3.80. The van der Waals surface area contributed by atoms with Crippen LogP contribution in [0.3, 0.4) is 0 Å². The predicted octanol–water partition coefficient (Wildman–Crippen LogP) is -1.17. The first-order valence-electron chi connectivity index (χ1n) is 3.80. The maximum absolute atomic E-state index is 11.2. The Morgan fingerprint density at radius 2 is 1.93 bits per heavy atom. The Morgan fingerprint density at radius 3 is 2.50 bits per heavy atom. The van der Waals surface area contributed by atoms with Crippen molar-refractivity contribution in [3.8, 4) is 5.82 Å². The van der Waals surface area contributed by atoms with Gasteiger partial charge >= 0.3 is 11.4 Å². The fourth-order valence-electron chi connectivity index (χ4n) is 1.10. The molecular weight excluding hydrogens is 186 g/mol. The molecule has 72 valence electrons. The zero-order valence-corrected chi connectivity index (χ0v) is 7.02. The van der Waals surface area contributed by atoms with Crippen molar-refractivity contribution in [2.24, 2.45) is 0 Å². The van der Waals surface area contributed by atoms with Gasteiger partial charge < -0.3 is 5.73 Å². The number of H-pyrrole nitrogens is 2. The van der Waals surface area contributed by atoms with E-state index in [1.165, 1.54) is 6.20 Å². The largest absolute Gasteiger partial charge is 0.396 e. The number of nitrogens with two attached hydrogens (primary N) is 1. The van der Waals surface area contributed by atoms with Crippen LogP contribution in [-0.2, 0) is 0 Å². The van der Waals surface area contributed by atoms with Crippen LogP contribution in [0.15, 0.2) is 27.9 Å². The third kappa shape index (κ3) is 1.11. The number of anilines is 1. The van der Waals surface area contributed by atoms with Crippen molar-refractivity contribution < 1.29 is 0 Å². The number of nitrogens with one attached hydrogen (secondary N) is 2. The van der Waals surface area contributed by atoms with Gasteiger partial charge in [0.1, 0.15) is 0 Å². The summed E-state index contributed by atoms with van der Waals surface area (Å²) < 4.78 is 0.829. The highest BCUT2D eigenvalue weighted by Crippen LogP contribution is 2.07. The number of rotatable bonds is 1. The molecule has 0 unspecified atom stereocenters. The Bertz CT molecular complexity index is 536. The van der Waals surface area contributed by atoms with Gasteiger partial charge in [0.15, 0.2) is 5.82 Å². The van der Waals surface area contributed by atoms with Crippen LogP contribution in [0.1, 0.15) is 0 Å². The molecule has 0 fully saturated rings. The van der Waals surface area contributed by atoms with E-state index in [1.807, 2.05) is 0 Å². The molecule has 0 aromatic carbocycles. The molecule has 0 saturated heterocycles. The van der Waals surface area contributed by atoms with Crippen LogP contribution in [0.5, 0.6) is 0 Å². The molecule has 0 spiro atoms. The molecule has 2 aromatic rings. The van der Waals surface area contributed by atoms with Gasteiger partial charge in [-0.15, -0.1) is 0 Å². The Kier molecular flexibility index (Phi) is 1.70. The molecule has 0 amide bonds. The van der Waals surface area contributed by atoms with E-state index in [1.54, 1.807) is 12.1 Å². The van der Waals surface area contributed by atoms with Crippen LogP contribution in [0.2, 0.25) is 0 Å². The smallest absolute Gasteiger partial charge is 0.350 e. The summed E-state index contributed by atoms with van der Waals surface area (Å²) in [7, 11) is 0. The number of nitrogens with zero attached hydrogens (tertiary/aromatic N) is 2. The van der Waals surface area contributed by atoms with Crippen molar-refractivity contribution in [2.45, 2.75) is 0 Å². The number of hydrogen-bond acceptors (Lipinski definition) is 4. The molecule has 7 nitrogen and oxygen atoms in total. The number of hydrogen-bond donors (Lipinski definition) is 3. The van der Waals surface area contributed by atoms with Crippen LogP contribution in [-0.4, -0.2) is 19.7 Å². The van der Waals surface area contributed by atoms with E-state index >= 15 is 0 Å². The van der Waals surface area contributed by atoms with Gasteiger partial charge in [0.2, 0.25) is 0 Å². The monoisotopic (exact) mass is 193 g/mol. The summed E-state index contributed by atoms with van der Waals surface area (Å²) in [6.45, 7) is 0. The molecule has 0 radical (unpaired) electrons. The molecule has 0 aliphatic heterocycles. The first kappa shape index (κ1) is 8.30. The minimum absolute atomic E-state index is 0.125. The summed E-state index contributed by atoms with van der Waals surface area (Å²) in [6, 6.07) is 3.17. The second-order valence-corrected chi connectivity index (χ2v) is 2.61. The van der Waals surface area contributed by atoms with Crippen molar-refractivity contribution in [2.75, 3.05) is 5.73 Å². The van der Waals surface area contributed by atoms with Gasteiger partial charge in [-0.1, -0.05) is 0 Å². The summed E-state index contributed by atoms with van der Waals surface area (Å²) in [5.41, 5.74) is 4.63. The molecule has 0 aliphatic carbocycles. The molecule has 2 heterocycles. The van der Waals surface area contributed by atoms with Gasteiger partial charge in [0, 0.05) is 6.20 Å². The fourth-order valence-corrected chi connectivity index (χ4v) is 1.10. The van der Waals surface area contributed by atoms with Crippen LogP contribution in [0.25, 0.3) is 5.82 Å². The van der Waals surface area contributed by atoms with Gasteiger partial charge in [-0.2, -0.15) is 4.57 Å². The Morgan fingerprint density at radius 1 is 1.29 bits per heavy atom. The standard InChI is InChI=1S/C7H7N5O2/c8-4-2-1-3-9-5(4)12-6(13)10-11-7(12)14/h1-3H,8H2,(H,10,13)(H,11,14). The van der Waals surface area contributed by atoms with E-state index < -0.39 is 11.4 Å². The van der Waals surface area contributed by atoms with Crippen molar-refractivity contribution in [3.05, 3.63) is 39.3 Å². The van der Waals surface area contributed by atoms with Crippen molar-refractivity contribution in [1.82, 2.24) is 19.7 Å². The first-order chi connectivity index (χ1) is 6.70. The lowest BCUT2D eigenvalue weighted by Gasteiger charge is -2.00. The average Bonchev–Trinajstić information content (AvgIpc) is 2.48. The molecular formula is C7H7N5O2. The minimum Gasteiger partial charge on any atom is -0.396 e. The highest BCUT2D eigenvalue weighted by molar-refractivity contribution is 5.51. The predicted molar refractivity (Wildman–Crippen MR) is 49.2 cm³/mol. The summed E-state index contributed by atoms with van der Waals surface area (Å²) in [5.74, 6) is 0.125. The Balaban J connectivity index is 2.79. The molecule has 7 heteroatoms. The number of nitrogen functional groups attached to an aromatic ring is 1. The molecule has 2 aromatic heterocycles. The fraction of sp³-hybridized carbons (Fsp3) is 0. The van der Waals surface area contributed by atoms with E-state index in [9.17, 15) is 9.59 Å². The lowest BCUT2D eigenvalue weighted by Crippen LogP contribution is -2.26. The van der Waals surface area contributed by atoms with Crippen LogP contribution < -0.4 is 17.1 Å². The van der Waals surface area contributed by atoms with E-state index in [-0.39, 0.29) is 11.5 Å². The highest BCUT2D eigenvalue weighted by Gasteiger charge is 2.09. The molecule has 0 saturated carbocycles. The number of pyridine rings is 1. The quantitative estimate of drug-likeness (QED) is 0.530. The van der Waals surface area contributed by atoms with E-state index in [2.05, 4.69) is 15.2 Å². The van der Waals surface area contributed by atoms with Gasteiger partial charge in [-0.3, -0.25) is 0 Å². The summed E-state index contributed by atoms with van der Waals surface area (Å²) in [4.78, 5) is 26.2. The van der Waals surface area contributed by atoms with Gasteiger partial charge in [-0.05, 0) is 12.1 Å². The molecule has 0 aliphatic rings. The highest BCUT2D eigenvalue weighted by atomic mass is 16.2. The Hall–Kier alpha value is -2.31. The number of aromatic nitrogens is 4. The molecule has 2 rings (SSSR count). The van der Waals surface area contributed by atoms with Crippen molar-refractivity contribution in [1.29, 1.82) is 0 Å². The SMILES string of the molecule is Nc1cccnc1-n1c(=O)[nH][nH]c1=O. The van der Waals surface area contributed by atoms with E-state index in [4.69, 9.17) is 5.73 Å². The van der Waals surface area contributed by atoms with Crippen LogP contribution in [0.4, 0.5) is 5.69 Å². The van der Waals surface area contributed by atoms with Gasteiger partial charge in [-0.25, -0.2) is 24.8 Å². The average molecular weight is 193 g/mol. The normalized spacial score (nSPS) is 10.3. The van der Waals surface area contributed by atoms with Crippen molar-refractivity contribution in [3.63, 3.8) is 0 Å². The van der Waals surface area contributed by atoms with Crippen molar-refractivity contribution >= 4 is 5.69 Å². The zero-order chi connectivity index (χ0) is 10.1. The van der Waals surface area contributed by atoms with E-state index in [0.717, 1.165) is 4.57 Å². The lowest BCUT2D eigenvalue weighted by atomic mass is 10.4. The zero-order valence-electron chi connectivity index (χ0n) is 7.02. The maximum Gasteiger partial charge on any atom is 0.350 e. The summed E-state index contributed by atoms with van der Waals surface area (Å²) in [5, 5.41) is 4.27. The maximum atomic E-state index is 11.2. The second-order valence-electron chi connectivity index (χ2n) is 2.61. The van der Waals surface area contributed by atoms with Crippen LogP contribution in [0, 0.1) is 0 Å². The third-order valence-corrected chi connectivity index (χ3v) is 1.71. The molecule has 0 bridgehead atoms. The second kappa shape index (κ2) is 2.87. The van der Waals surface area contributed by atoms with Gasteiger partial charge in [0.05, 0.1) is 5.69 Å². The summed E-state index contributed by atoms with van der Waals surface area (Å²) in [6.07, 6.45) is 1.45. The molecule has 4 N–H and O–H groups in total. The third-order valence-electron chi connectivity index (χ3n) is 1.71.